The summed E-state index contributed by atoms with van der Waals surface area (Å²) in [4.78, 5) is 46.0. The van der Waals surface area contributed by atoms with E-state index in [1.165, 1.54) is 11.8 Å². The minimum absolute atomic E-state index is 0.0557. The zero-order valence-corrected chi connectivity index (χ0v) is 26.8. The lowest BCUT2D eigenvalue weighted by atomic mass is 9.74. The van der Waals surface area contributed by atoms with E-state index >= 15 is 0 Å². The van der Waals surface area contributed by atoms with Gasteiger partial charge >= 0.3 is 12.3 Å². The van der Waals surface area contributed by atoms with Crippen molar-refractivity contribution in [2.75, 3.05) is 52.4 Å². The average molecular weight is 638 g/mol. The number of likely N-dealkylation sites (tertiary alicyclic amines) is 3. The number of amides is 3. The Morgan fingerprint density at radius 2 is 1.64 bits per heavy atom. The van der Waals surface area contributed by atoms with Gasteiger partial charge in [0.2, 0.25) is 5.91 Å². The van der Waals surface area contributed by atoms with Crippen LogP contribution in [0.3, 0.4) is 0 Å². The van der Waals surface area contributed by atoms with Crippen LogP contribution in [0.15, 0.2) is 4.52 Å². The molecule has 0 N–H and O–H groups in total. The molecule has 0 aromatic carbocycles. The molecule has 3 amide bonds. The highest BCUT2D eigenvalue weighted by atomic mass is 19.4. The summed E-state index contributed by atoms with van der Waals surface area (Å²) < 4.78 is 51.2. The fourth-order valence-electron chi connectivity index (χ4n) is 8.63. The zero-order chi connectivity index (χ0) is 32.3. The second kappa shape index (κ2) is 11.8. The maximum atomic E-state index is 13.4. The topological polar surface area (TPSA) is 99.4 Å². The van der Waals surface area contributed by atoms with Gasteiger partial charge < -0.3 is 24.0 Å². The minimum Gasteiger partial charge on any atom is -0.442 e. The minimum atomic E-state index is -4.79. The van der Waals surface area contributed by atoms with E-state index in [1.54, 1.807) is 6.92 Å². The largest absolute Gasteiger partial charge is 0.453 e. The summed E-state index contributed by atoms with van der Waals surface area (Å²) in [6, 6.07) is 0. The van der Waals surface area contributed by atoms with Crippen LogP contribution in [0, 0.1) is 30.6 Å². The van der Waals surface area contributed by atoms with Crippen molar-refractivity contribution in [1.82, 2.24) is 24.8 Å². The van der Waals surface area contributed by atoms with Crippen molar-refractivity contribution in [3.05, 3.63) is 17.0 Å². The van der Waals surface area contributed by atoms with E-state index in [4.69, 9.17) is 4.74 Å². The third kappa shape index (κ3) is 5.93. The normalized spacial score (nSPS) is 29.6. The molecular formula is C32H46F3N5O5. The van der Waals surface area contributed by atoms with Gasteiger partial charge in [-0.1, -0.05) is 24.9 Å². The monoisotopic (exact) mass is 637 g/mol. The molecule has 4 atom stereocenters. The molecule has 1 aliphatic carbocycles. The summed E-state index contributed by atoms with van der Waals surface area (Å²) in [5, 5.41) is 3.41. The summed E-state index contributed by atoms with van der Waals surface area (Å²) in [5.74, 6) is -0.218. The summed E-state index contributed by atoms with van der Waals surface area (Å²) >= 11 is 0. The van der Waals surface area contributed by atoms with Crippen molar-refractivity contribution in [2.24, 2.45) is 23.7 Å². The van der Waals surface area contributed by atoms with Crippen LogP contribution in [0.4, 0.5) is 18.0 Å². The van der Waals surface area contributed by atoms with Gasteiger partial charge in [0.1, 0.15) is 11.2 Å². The van der Waals surface area contributed by atoms with Crippen molar-refractivity contribution in [1.29, 1.82) is 0 Å². The first-order valence-electron chi connectivity index (χ1n) is 16.6. The van der Waals surface area contributed by atoms with Crippen molar-refractivity contribution >= 4 is 17.9 Å². The molecule has 45 heavy (non-hydrogen) atoms. The van der Waals surface area contributed by atoms with Crippen LogP contribution in [0.1, 0.15) is 87.5 Å². The standard InChI is InChI=1S/C32H46F3N5O5/c1-5-6-7-22-16-39(19-25-23-17-38(21(3)41)18-24(23)25)29(43)44-31(22)10-14-40(15-11-31)30(4)8-12-37(13-9-30)28(42)26-20(2)36-45-27(26)32(33,34)35/h22-25H,5-19H2,1-4H3/t22-,23-,24+,25?/m0/s1. The first-order valence-corrected chi connectivity index (χ1v) is 16.6. The summed E-state index contributed by atoms with van der Waals surface area (Å²) in [6.07, 6.45) is 0.914. The smallest absolute Gasteiger partial charge is 0.442 e. The summed E-state index contributed by atoms with van der Waals surface area (Å²) in [6.45, 7) is 12.5. The molecule has 250 valence electrons. The number of carbonyl (C=O) groups excluding carboxylic acids is 3. The number of nitrogens with zero attached hydrogens (tertiary/aromatic N) is 5. The number of halogens is 3. The lowest BCUT2D eigenvalue weighted by Gasteiger charge is -2.55. The molecule has 0 radical (unpaired) electrons. The average Bonchev–Trinajstić information content (AvgIpc) is 3.28. The fourth-order valence-corrected chi connectivity index (χ4v) is 8.63. The Kier molecular flexibility index (Phi) is 8.39. The third-order valence-corrected chi connectivity index (χ3v) is 11.7. The molecule has 0 bridgehead atoms. The number of rotatable bonds is 7. The maximum absolute atomic E-state index is 13.4. The second-order valence-corrected chi connectivity index (χ2v) is 14.3. The number of hydrogen-bond acceptors (Lipinski definition) is 7. The Morgan fingerprint density at radius 1 is 1.00 bits per heavy atom. The van der Waals surface area contributed by atoms with Gasteiger partial charge in [-0.3, -0.25) is 14.5 Å². The number of unbranched alkanes of at least 4 members (excludes halogenated alkanes) is 1. The number of fused-ring (bicyclic) bond motifs is 1. The van der Waals surface area contributed by atoms with E-state index < -0.39 is 29.0 Å². The summed E-state index contributed by atoms with van der Waals surface area (Å²) in [7, 11) is 0. The highest BCUT2D eigenvalue weighted by Gasteiger charge is 2.58. The van der Waals surface area contributed by atoms with Crippen molar-refractivity contribution in [3.8, 4) is 0 Å². The fraction of sp³-hybridized carbons (Fsp3) is 0.812. The highest BCUT2D eigenvalue weighted by Crippen LogP contribution is 2.53. The van der Waals surface area contributed by atoms with Crippen molar-refractivity contribution in [2.45, 2.75) is 90.0 Å². The molecule has 10 nitrogen and oxygen atoms in total. The predicted molar refractivity (Wildman–Crippen MR) is 157 cm³/mol. The molecule has 5 aliphatic rings. The molecular weight excluding hydrogens is 591 g/mol. The Bertz CT molecular complexity index is 1290. The number of ether oxygens (including phenoxy) is 1. The van der Waals surface area contributed by atoms with Crippen molar-refractivity contribution in [3.63, 3.8) is 0 Å². The van der Waals surface area contributed by atoms with Gasteiger partial charge in [0, 0.05) is 83.6 Å². The zero-order valence-electron chi connectivity index (χ0n) is 26.8. The van der Waals surface area contributed by atoms with Gasteiger partial charge in [-0.2, -0.15) is 13.2 Å². The van der Waals surface area contributed by atoms with E-state index in [0.29, 0.717) is 56.8 Å². The number of piperidine rings is 3. The molecule has 1 unspecified atom stereocenters. The van der Waals surface area contributed by atoms with Gasteiger partial charge in [-0.25, -0.2) is 4.79 Å². The van der Waals surface area contributed by atoms with Gasteiger partial charge in [-0.15, -0.1) is 0 Å². The van der Waals surface area contributed by atoms with Crippen molar-refractivity contribution < 1.29 is 36.8 Å². The van der Waals surface area contributed by atoms with E-state index in [1.807, 2.05) is 9.80 Å². The second-order valence-electron chi connectivity index (χ2n) is 14.3. The molecule has 1 saturated carbocycles. The van der Waals surface area contributed by atoms with Gasteiger partial charge in [0.25, 0.3) is 11.7 Å². The Morgan fingerprint density at radius 3 is 2.22 bits per heavy atom. The molecule has 5 heterocycles. The van der Waals surface area contributed by atoms with Gasteiger partial charge in [-0.05, 0) is 50.9 Å². The lowest BCUT2D eigenvalue weighted by Crippen LogP contribution is -2.63. The number of aryl methyl sites for hydroxylation is 1. The SMILES string of the molecule is CCCC[C@H]1CN(CC2[C@H]3CN(C(C)=O)C[C@@H]23)C(=O)OC12CCN(C1(C)CCN(C(=O)c3c(C)noc3C(F)(F)F)CC1)CC2. The quantitative estimate of drug-likeness (QED) is 0.423. The summed E-state index contributed by atoms with van der Waals surface area (Å²) in [5.41, 5.74) is -1.26. The lowest BCUT2D eigenvalue weighted by molar-refractivity contribution is -0.156. The Balaban J connectivity index is 1.05. The molecule has 6 rings (SSSR count). The molecule has 1 aromatic heterocycles. The van der Waals surface area contributed by atoms with Crippen LogP contribution in [0.5, 0.6) is 0 Å². The molecule has 4 saturated heterocycles. The Labute approximate surface area is 262 Å². The number of aromatic nitrogens is 1. The first kappa shape index (κ1) is 32.1. The molecule has 5 fully saturated rings. The van der Waals surface area contributed by atoms with Gasteiger partial charge in [0.05, 0.1) is 5.69 Å². The van der Waals surface area contributed by atoms with Crippen LogP contribution >= 0.6 is 0 Å². The predicted octanol–water partition coefficient (Wildman–Crippen LogP) is 4.81. The molecule has 1 spiro atoms. The van der Waals surface area contributed by atoms with Crippen LogP contribution in [-0.4, -0.2) is 106 Å². The first-order chi connectivity index (χ1) is 21.3. The number of carbonyl (C=O) groups is 3. The van der Waals surface area contributed by atoms with Crippen LogP contribution < -0.4 is 0 Å². The number of alkyl halides is 3. The van der Waals surface area contributed by atoms with Crippen LogP contribution in [0.2, 0.25) is 0 Å². The van der Waals surface area contributed by atoms with E-state index in [9.17, 15) is 27.6 Å². The Hall–Kier alpha value is -2.83. The van der Waals surface area contributed by atoms with E-state index in [0.717, 1.165) is 58.3 Å². The van der Waals surface area contributed by atoms with E-state index in [-0.39, 0.29) is 29.2 Å². The van der Waals surface area contributed by atoms with E-state index in [2.05, 4.69) is 28.4 Å². The molecule has 13 heteroatoms. The maximum Gasteiger partial charge on any atom is 0.453 e. The molecule has 1 aromatic rings. The number of hydrogen-bond donors (Lipinski definition) is 0. The van der Waals surface area contributed by atoms with Crippen LogP contribution in [-0.2, 0) is 15.7 Å². The third-order valence-electron chi connectivity index (χ3n) is 11.7. The molecule has 4 aliphatic heterocycles. The van der Waals surface area contributed by atoms with Gasteiger partial charge in [0.15, 0.2) is 0 Å². The highest BCUT2D eigenvalue weighted by molar-refractivity contribution is 5.96. The van der Waals surface area contributed by atoms with Crippen LogP contribution in [0.25, 0.3) is 0 Å².